The Labute approximate surface area is 179 Å². The summed E-state index contributed by atoms with van der Waals surface area (Å²) in [5.41, 5.74) is 1.91. The smallest absolute Gasteiger partial charge is 0.373 e. The van der Waals surface area contributed by atoms with Gasteiger partial charge in [-0.25, -0.2) is 9.59 Å². The van der Waals surface area contributed by atoms with Crippen LogP contribution >= 0.6 is 0 Å². The molecule has 8 heteroatoms. The van der Waals surface area contributed by atoms with Gasteiger partial charge in [0.25, 0.3) is 5.91 Å². The number of amides is 3. The molecule has 1 aliphatic heterocycles. The first kappa shape index (κ1) is 20.5. The van der Waals surface area contributed by atoms with Gasteiger partial charge in [0.1, 0.15) is 11.5 Å². The number of carbonyl (C=O) groups is 3. The molecule has 0 atom stereocenters. The van der Waals surface area contributed by atoms with Crippen LogP contribution in [0.25, 0.3) is 17.0 Å². The molecule has 8 nitrogen and oxygen atoms in total. The Morgan fingerprint density at radius 1 is 1.16 bits per heavy atom. The molecule has 160 valence electrons. The van der Waals surface area contributed by atoms with Crippen molar-refractivity contribution in [1.82, 2.24) is 14.8 Å². The predicted octanol–water partition coefficient (Wildman–Crippen LogP) is 3.87. The van der Waals surface area contributed by atoms with Gasteiger partial charge >= 0.3 is 12.0 Å². The van der Waals surface area contributed by atoms with Crippen LogP contribution in [0.4, 0.5) is 4.79 Å². The molecule has 2 aromatic heterocycles. The van der Waals surface area contributed by atoms with Crippen molar-refractivity contribution >= 4 is 34.9 Å². The third-order valence-corrected chi connectivity index (χ3v) is 5.09. The number of imide groups is 1. The second-order valence-corrected chi connectivity index (χ2v) is 8.28. The van der Waals surface area contributed by atoms with Crippen molar-refractivity contribution in [3.8, 4) is 0 Å². The molecule has 0 bridgehead atoms. The first-order chi connectivity index (χ1) is 14.7. The van der Waals surface area contributed by atoms with Crippen LogP contribution in [0, 0.1) is 0 Å². The Morgan fingerprint density at radius 3 is 2.61 bits per heavy atom. The minimum absolute atomic E-state index is 0.00955. The first-order valence-corrected chi connectivity index (χ1v) is 9.81. The Balaban J connectivity index is 1.63. The molecular formula is C23H23N3O5. The molecular weight excluding hydrogens is 398 g/mol. The van der Waals surface area contributed by atoms with Crippen LogP contribution in [0.15, 0.2) is 52.7 Å². The summed E-state index contributed by atoms with van der Waals surface area (Å²) in [5.74, 6) is -0.780. The van der Waals surface area contributed by atoms with Gasteiger partial charge in [0.2, 0.25) is 5.76 Å². The fraction of sp³-hybridized carbons (Fsp3) is 0.261. The number of furan rings is 1. The minimum Gasteiger partial charge on any atom is -0.463 e. The predicted molar refractivity (Wildman–Crippen MR) is 114 cm³/mol. The number of esters is 1. The lowest BCUT2D eigenvalue weighted by Gasteiger charge is -2.22. The lowest BCUT2D eigenvalue weighted by atomic mass is 10.1. The number of hydrogen-bond donors (Lipinski definition) is 1. The van der Waals surface area contributed by atoms with Crippen LogP contribution < -0.4 is 5.32 Å². The van der Waals surface area contributed by atoms with Gasteiger partial charge in [-0.3, -0.25) is 9.69 Å². The van der Waals surface area contributed by atoms with Crippen LogP contribution in [0.5, 0.6) is 0 Å². The molecule has 3 heterocycles. The van der Waals surface area contributed by atoms with Crippen molar-refractivity contribution in [2.75, 3.05) is 7.11 Å². The Kier molecular flexibility index (Phi) is 4.93. The van der Waals surface area contributed by atoms with Gasteiger partial charge in [0, 0.05) is 28.2 Å². The Bertz CT molecular complexity index is 1230. The maximum Gasteiger partial charge on any atom is 0.373 e. The highest BCUT2D eigenvalue weighted by Crippen LogP contribution is 2.29. The summed E-state index contributed by atoms with van der Waals surface area (Å²) in [4.78, 5) is 37.9. The zero-order valence-electron chi connectivity index (χ0n) is 17.8. The number of fused-ring (bicyclic) bond motifs is 1. The van der Waals surface area contributed by atoms with Gasteiger partial charge in [-0.2, -0.15) is 0 Å². The third-order valence-electron chi connectivity index (χ3n) is 5.09. The molecule has 0 radical (unpaired) electrons. The highest BCUT2D eigenvalue weighted by atomic mass is 16.5. The molecule has 1 saturated heterocycles. The van der Waals surface area contributed by atoms with E-state index in [9.17, 15) is 14.4 Å². The van der Waals surface area contributed by atoms with E-state index in [-0.39, 0.29) is 23.5 Å². The number of rotatable bonds is 4. The van der Waals surface area contributed by atoms with E-state index < -0.39 is 17.9 Å². The summed E-state index contributed by atoms with van der Waals surface area (Å²) < 4.78 is 12.1. The molecule has 1 fully saturated rings. The van der Waals surface area contributed by atoms with Crippen LogP contribution in [0.3, 0.4) is 0 Å². The van der Waals surface area contributed by atoms with Crippen molar-refractivity contribution in [3.05, 3.63) is 65.4 Å². The van der Waals surface area contributed by atoms with E-state index in [0.29, 0.717) is 5.76 Å². The molecule has 0 unspecified atom stereocenters. The number of urea groups is 1. The molecule has 0 saturated carbocycles. The van der Waals surface area contributed by atoms with E-state index in [0.717, 1.165) is 21.4 Å². The number of hydrogen-bond acceptors (Lipinski definition) is 5. The van der Waals surface area contributed by atoms with Gasteiger partial charge in [0.05, 0.1) is 13.7 Å². The second-order valence-electron chi connectivity index (χ2n) is 8.28. The highest BCUT2D eigenvalue weighted by Gasteiger charge is 2.34. The fourth-order valence-corrected chi connectivity index (χ4v) is 3.58. The molecule has 3 aromatic rings. The molecule has 1 aromatic carbocycles. The van der Waals surface area contributed by atoms with E-state index in [4.69, 9.17) is 4.42 Å². The minimum atomic E-state index is -0.626. The average molecular weight is 421 g/mol. The standard InChI is InChI=1S/C23H23N3O5/c1-23(2,3)26-12-14(16-7-5-6-8-18(16)26)11-17-20(27)25(22(29)24-17)13-15-9-10-19(31-15)21(28)30-4/h5-12H,13H2,1-4H3,(H,24,29)/b17-11-. The maximum absolute atomic E-state index is 12.9. The SMILES string of the molecule is COC(=O)c1ccc(CN2C(=O)N/C(=C\c3cn(C(C)(C)C)c4ccccc34)C2=O)o1. The van der Waals surface area contributed by atoms with Gasteiger partial charge < -0.3 is 19.0 Å². The topological polar surface area (TPSA) is 93.8 Å². The van der Waals surface area contributed by atoms with Gasteiger partial charge in [-0.05, 0) is 45.0 Å². The number of nitrogens with zero attached hydrogens (tertiary/aromatic N) is 2. The van der Waals surface area contributed by atoms with Crippen LogP contribution in [-0.4, -0.2) is 34.5 Å². The van der Waals surface area contributed by atoms with E-state index in [1.165, 1.54) is 19.2 Å². The lowest BCUT2D eigenvalue weighted by Crippen LogP contribution is -2.30. The molecule has 0 spiro atoms. The summed E-state index contributed by atoms with van der Waals surface area (Å²) >= 11 is 0. The van der Waals surface area contributed by atoms with Crippen LogP contribution in [-0.2, 0) is 21.6 Å². The van der Waals surface area contributed by atoms with Gasteiger partial charge in [-0.15, -0.1) is 0 Å². The highest BCUT2D eigenvalue weighted by molar-refractivity contribution is 6.14. The second kappa shape index (κ2) is 7.46. The number of carbonyl (C=O) groups excluding carboxylic acids is 3. The number of ether oxygens (including phenoxy) is 1. The molecule has 31 heavy (non-hydrogen) atoms. The number of benzene rings is 1. The van der Waals surface area contributed by atoms with Crippen molar-refractivity contribution < 1.29 is 23.5 Å². The number of methoxy groups -OCH3 is 1. The zero-order valence-corrected chi connectivity index (χ0v) is 17.8. The van der Waals surface area contributed by atoms with Crippen LogP contribution in [0.1, 0.15) is 42.6 Å². The lowest BCUT2D eigenvalue weighted by molar-refractivity contribution is -0.123. The van der Waals surface area contributed by atoms with E-state index in [2.05, 4.69) is 35.4 Å². The number of para-hydroxylation sites is 1. The van der Waals surface area contributed by atoms with Crippen molar-refractivity contribution in [2.45, 2.75) is 32.9 Å². The molecule has 1 N–H and O–H groups in total. The molecule has 1 aliphatic rings. The molecule has 0 aliphatic carbocycles. The summed E-state index contributed by atoms with van der Waals surface area (Å²) in [7, 11) is 1.25. The van der Waals surface area contributed by atoms with Crippen LogP contribution in [0.2, 0.25) is 0 Å². The van der Waals surface area contributed by atoms with Crippen molar-refractivity contribution in [1.29, 1.82) is 0 Å². The van der Waals surface area contributed by atoms with E-state index in [1.807, 2.05) is 30.5 Å². The van der Waals surface area contributed by atoms with E-state index in [1.54, 1.807) is 6.08 Å². The largest absolute Gasteiger partial charge is 0.463 e. The third kappa shape index (κ3) is 3.72. The average Bonchev–Trinajstić information content (AvgIpc) is 3.41. The summed E-state index contributed by atoms with van der Waals surface area (Å²) in [6.45, 7) is 6.22. The van der Waals surface area contributed by atoms with Gasteiger partial charge in [0.15, 0.2) is 0 Å². The van der Waals surface area contributed by atoms with E-state index >= 15 is 0 Å². The number of nitrogens with one attached hydrogen (secondary N) is 1. The van der Waals surface area contributed by atoms with Gasteiger partial charge in [-0.1, -0.05) is 18.2 Å². The fourth-order valence-electron chi connectivity index (χ4n) is 3.58. The summed E-state index contributed by atoms with van der Waals surface area (Å²) in [6.07, 6.45) is 3.67. The van der Waals surface area contributed by atoms with Crippen molar-refractivity contribution in [3.63, 3.8) is 0 Å². The quantitative estimate of drug-likeness (QED) is 0.392. The first-order valence-electron chi connectivity index (χ1n) is 9.81. The Hall–Kier alpha value is -3.81. The number of aromatic nitrogens is 1. The molecule has 4 rings (SSSR count). The monoisotopic (exact) mass is 421 g/mol. The zero-order chi connectivity index (χ0) is 22.3. The summed E-state index contributed by atoms with van der Waals surface area (Å²) in [6, 6.07) is 10.3. The normalized spacial score (nSPS) is 15.7. The summed E-state index contributed by atoms with van der Waals surface area (Å²) in [5, 5.41) is 3.62. The Morgan fingerprint density at radius 2 is 1.90 bits per heavy atom. The maximum atomic E-state index is 12.9. The molecule has 3 amide bonds. The van der Waals surface area contributed by atoms with Crippen molar-refractivity contribution in [2.24, 2.45) is 0 Å².